The fourth-order valence-electron chi connectivity index (χ4n) is 2.33. The van der Waals surface area contributed by atoms with Crippen LogP contribution in [0, 0.1) is 5.92 Å². The molecule has 0 amide bonds. The highest BCUT2D eigenvalue weighted by molar-refractivity contribution is 4.79. The zero-order valence-electron chi connectivity index (χ0n) is 10.1. The molecule has 2 heterocycles. The monoisotopic (exact) mass is 239 g/mol. The summed E-state index contributed by atoms with van der Waals surface area (Å²) in [7, 11) is 0. The molecular formula is C12H21N3O2. The highest BCUT2D eigenvalue weighted by Gasteiger charge is 2.20. The molecule has 5 nitrogen and oxygen atoms in total. The Morgan fingerprint density at radius 2 is 2.06 bits per heavy atom. The van der Waals surface area contributed by atoms with Crippen LogP contribution in [0.4, 0.5) is 0 Å². The zero-order chi connectivity index (χ0) is 12.1. The smallest absolute Gasteiger partial charge is 0.0862 e. The first-order valence-corrected chi connectivity index (χ1v) is 6.26. The van der Waals surface area contributed by atoms with Crippen LogP contribution in [-0.4, -0.2) is 57.2 Å². The van der Waals surface area contributed by atoms with Crippen molar-refractivity contribution in [1.29, 1.82) is 0 Å². The number of hydrogen-bond donors (Lipinski definition) is 2. The lowest BCUT2D eigenvalue weighted by atomic mass is 9.98. The van der Waals surface area contributed by atoms with Crippen molar-refractivity contribution in [2.45, 2.75) is 25.5 Å². The van der Waals surface area contributed by atoms with Crippen molar-refractivity contribution < 1.29 is 10.2 Å². The van der Waals surface area contributed by atoms with Crippen LogP contribution in [0.2, 0.25) is 0 Å². The van der Waals surface area contributed by atoms with Crippen molar-refractivity contribution in [2.75, 3.05) is 26.2 Å². The van der Waals surface area contributed by atoms with Gasteiger partial charge in [0.15, 0.2) is 0 Å². The van der Waals surface area contributed by atoms with E-state index in [4.69, 9.17) is 5.11 Å². The van der Waals surface area contributed by atoms with Gasteiger partial charge in [-0.05, 0) is 37.9 Å². The van der Waals surface area contributed by atoms with Crippen LogP contribution in [0.5, 0.6) is 0 Å². The summed E-state index contributed by atoms with van der Waals surface area (Å²) in [6.45, 7) is 3.48. The van der Waals surface area contributed by atoms with Crippen LogP contribution < -0.4 is 0 Å². The maximum atomic E-state index is 9.94. The molecule has 1 unspecified atom stereocenters. The van der Waals surface area contributed by atoms with Crippen molar-refractivity contribution in [3.05, 3.63) is 18.5 Å². The van der Waals surface area contributed by atoms with Gasteiger partial charge in [0.2, 0.25) is 0 Å². The standard InChI is InChI=1S/C12H21N3O2/c16-10-11-2-6-14(7-3-11)8-12(17)9-15-5-1-4-13-15/h1,4-5,11-12,16-17H,2-3,6-10H2. The van der Waals surface area contributed by atoms with Gasteiger partial charge in [-0.2, -0.15) is 5.10 Å². The molecule has 0 spiro atoms. The summed E-state index contributed by atoms with van der Waals surface area (Å²) in [5, 5.41) is 23.1. The van der Waals surface area contributed by atoms with Crippen LogP contribution in [-0.2, 0) is 6.54 Å². The van der Waals surface area contributed by atoms with Gasteiger partial charge in [-0.1, -0.05) is 0 Å². The third kappa shape index (κ3) is 3.80. The molecule has 96 valence electrons. The SMILES string of the molecule is OCC1CCN(CC(O)Cn2cccn2)CC1. The van der Waals surface area contributed by atoms with Gasteiger partial charge in [0.1, 0.15) is 0 Å². The predicted molar refractivity (Wildman–Crippen MR) is 64.5 cm³/mol. The topological polar surface area (TPSA) is 61.5 Å². The van der Waals surface area contributed by atoms with E-state index in [-0.39, 0.29) is 6.10 Å². The fraction of sp³-hybridized carbons (Fsp3) is 0.750. The van der Waals surface area contributed by atoms with Crippen LogP contribution in [0.3, 0.4) is 0 Å². The minimum absolute atomic E-state index is 0.295. The molecule has 5 heteroatoms. The quantitative estimate of drug-likeness (QED) is 0.756. The van der Waals surface area contributed by atoms with E-state index in [1.54, 1.807) is 10.9 Å². The number of nitrogens with zero attached hydrogens (tertiary/aromatic N) is 3. The molecule has 17 heavy (non-hydrogen) atoms. The Hall–Kier alpha value is -0.910. The third-order valence-corrected chi connectivity index (χ3v) is 3.39. The number of likely N-dealkylation sites (tertiary alicyclic amines) is 1. The Labute approximate surface area is 102 Å². The maximum Gasteiger partial charge on any atom is 0.0862 e. The van der Waals surface area contributed by atoms with E-state index < -0.39 is 0 Å². The van der Waals surface area contributed by atoms with E-state index in [1.807, 2.05) is 12.3 Å². The van der Waals surface area contributed by atoms with Crippen molar-refractivity contribution in [3.8, 4) is 0 Å². The molecule has 2 N–H and O–H groups in total. The van der Waals surface area contributed by atoms with Gasteiger partial charge in [0.25, 0.3) is 0 Å². The first-order valence-electron chi connectivity index (χ1n) is 6.26. The van der Waals surface area contributed by atoms with Crippen LogP contribution >= 0.6 is 0 Å². The van der Waals surface area contributed by atoms with Crippen molar-refractivity contribution in [3.63, 3.8) is 0 Å². The van der Waals surface area contributed by atoms with Gasteiger partial charge < -0.3 is 15.1 Å². The zero-order valence-corrected chi connectivity index (χ0v) is 10.1. The number of aliphatic hydroxyl groups is 2. The highest BCUT2D eigenvalue weighted by atomic mass is 16.3. The van der Waals surface area contributed by atoms with Crippen LogP contribution in [0.15, 0.2) is 18.5 Å². The minimum Gasteiger partial charge on any atom is -0.396 e. The second-order valence-corrected chi connectivity index (χ2v) is 4.81. The van der Waals surface area contributed by atoms with E-state index >= 15 is 0 Å². The van der Waals surface area contributed by atoms with E-state index in [9.17, 15) is 5.11 Å². The van der Waals surface area contributed by atoms with Gasteiger partial charge in [-0.25, -0.2) is 0 Å². The van der Waals surface area contributed by atoms with Gasteiger partial charge in [-0.3, -0.25) is 4.68 Å². The molecule has 1 fully saturated rings. The Kier molecular flexibility index (Phi) is 4.53. The first-order chi connectivity index (χ1) is 8.28. The Morgan fingerprint density at radius 1 is 1.29 bits per heavy atom. The fourth-order valence-corrected chi connectivity index (χ4v) is 2.33. The second-order valence-electron chi connectivity index (χ2n) is 4.81. The van der Waals surface area contributed by atoms with E-state index in [2.05, 4.69) is 10.00 Å². The number of aliphatic hydroxyl groups excluding tert-OH is 2. The summed E-state index contributed by atoms with van der Waals surface area (Å²) in [6.07, 6.45) is 5.27. The van der Waals surface area contributed by atoms with Gasteiger partial charge in [-0.15, -0.1) is 0 Å². The largest absolute Gasteiger partial charge is 0.396 e. The molecule has 0 aromatic carbocycles. The Balaban J connectivity index is 1.70. The predicted octanol–water partition coefficient (Wildman–Crippen LogP) is -0.0517. The van der Waals surface area contributed by atoms with Crippen molar-refractivity contribution >= 4 is 0 Å². The first kappa shape index (κ1) is 12.5. The summed E-state index contributed by atoms with van der Waals surface area (Å²) >= 11 is 0. The molecule has 0 radical (unpaired) electrons. The third-order valence-electron chi connectivity index (χ3n) is 3.39. The van der Waals surface area contributed by atoms with E-state index in [0.29, 0.717) is 25.6 Å². The minimum atomic E-state index is -0.374. The van der Waals surface area contributed by atoms with Crippen LogP contribution in [0.1, 0.15) is 12.8 Å². The molecule has 1 saturated heterocycles. The molecule has 1 aliphatic rings. The summed E-state index contributed by atoms with van der Waals surface area (Å²) in [4.78, 5) is 2.26. The number of hydrogen-bond acceptors (Lipinski definition) is 4. The molecule has 1 atom stereocenters. The molecular weight excluding hydrogens is 218 g/mol. The molecule has 1 aromatic rings. The van der Waals surface area contributed by atoms with Gasteiger partial charge in [0, 0.05) is 25.5 Å². The lowest BCUT2D eigenvalue weighted by molar-refractivity contribution is 0.0660. The number of piperidine rings is 1. The van der Waals surface area contributed by atoms with Gasteiger partial charge in [0.05, 0.1) is 12.6 Å². The number of aromatic nitrogens is 2. The van der Waals surface area contributed by atoms with Crippen molar-refractivity contribution in [1.82, 2.24) is 14.7 Å². The molecule has 2 rings (SSSR count). The number of β-amino-alcohol motifs (C(OH)–C–C–N with tert-alkyl or cyclic N) is 1. The lowest BCUT2D eigenvalue weighted by Crippen LogP contribution is -2.40. The summed E-state index contributed by atoms with van der Waals surface area (Å²) in [5.41, 5.74) is 0. The second kappa shape index (κ2) is 6.14. The summed E-state index contributed by atoms with van der Waals surface area (Å²) in [6, 6.07) is 1.86. The summed E-state index contributed by atoms with van der Waals surface area (Å²) in [5.74, 6) is 0.453. The lowest BCUT2D eigenvalue weighted by Gasteiger charge is -2.32. The normalized spacial score (nSPS) is 20.6. The molecule has 0 bridgehead atoms. The van der Waals surface area contributed by atoms with E-state index in [1.165, 1.54) is 0 Å². The Bertz CT molecular complexity index is 308. The van der Waals surface area contributed by atoms with Crippen molar-refractivity contribution in [2.24, 2.45) is 5.92 Å². The maximum absolute atomic E-state index is 9.94. The molecule has 1 aromatic heterocycles. The number of rotatable bonds is 5. The average Bonchev–Trinajstić information content (AvgIpc) is 2.82. The highest BCUT2D eigenvalue weighted by Crippen LogP contribution is 2.16. The molecule has 1 aliphatic heterocycles. The Morgan fingerprint density at radius 3 is 2.65 bits per heavy atom. The molecule has 0 saturated carbocycles. The van der Waals surface area contributed by atoms with E-state index in [0.717, 1.165) is 25.9 Å². The average molecular weight is 239 g/mol. The van der Waals surface area contributed by atoms with Gasteiger partial charge >= 0.3 is 0 Å². The van der Waals surface area contributed by atoms with Crippen LogP contribution in [0.25, 0.3) is 0 Å². The summed E-state index contributed by atoms with van der Waals surface area (Å²) < 4.78 is 1.76. The molecule has 0 aliphatic carbocycles.